The van der Waals surface area contributed by atoms with Gasteiger partial charge >= 0.3 is 0 Å². The molecule has 0 fully saturated rings. The maximum Gasteiger partial charge on any atom is 0.174 e. The van der Waals surface area contributed by atoms with Crippen LogP contribution >= 0.6 is 23.1 Å². The van der Waals surface area contributed by atoms with Crippen LogP contribution in [0.4, 0.5) is 0 Å². The topological polar surface area (TPSA) is 25.8 Å². The van der Waals surface area contributed by atoms with Gasteiger partial charge in [-0.15, -0.1) is 10.2 Å². The SMILES string of the molecule is C=Cc1ccc(CSc2nncs2)cc1. The molecule has 1 aromatic heterocycles. The quantitative estimate of drug-likeness (QED) is 0.757. The second-order valence-corrected chi connectivity index (χ2v) is 4.99. The molecule has 0 aliphatic carbocycles. The number of hydrogen-bond acceptors (Lipinski definition) is 4. The van der Waals surface area contributed by atoms with Gasteiger partial charge in [0.25, 0.3) is 0 Å². The van der Waals surface area contributed by atoms with E-state index in [0.29, 0.717) is 0 Å². The van der Waals surface area contributed by atoms with E-state index in [2.05, 4.69) is 41.0 Å². The monoisotopic (exact) mass is 234 g/mol. The van der Waals surface area contributed by atoms with Crippen molar-refractivity contribution in [2.24, 2.45) is 0 Å². The van der Waals surface area contributed by atoms with Crippen molar-refractivity contribution in [3.8, 4) is 0 Å². The van der Waals surface area contributed by atoms with E-state index in [4.69, 9.17) is 0 Å². The van der Waals surface area contributed by atoms with Gasteiger partial charge in [0.05, 0.1) is 0 Å². The van der Waals surface area contributed by atoms with Gasteiger partial charge < -0.3 is 0 Å². The molecule has 1 aromatic carbocycles. The smallest absolute Gasteiger partial charge is 0.146 e. The first kappa shape index (κ1) is 10.4. The molecule has 2 nitrogen and oxygen atoms in total. The molecule has 4 heteroatoms. The molecule has 0 spiro atoms. The minimum atomic E-state index is 0.937. The van der Waals surface area contributed by atoms with Gasteiger partial charge in [-0.1, -0.05) is 60.0 Å². The van der Waals surface area contributed by atoms with E-state index < -0.39 is 0 Å². The summed E-state index contributed by atoms with van der Waals surface area (Å²) in [6, 6.07) is 8.38. The first-order valence-corrected chi connectivity index (χ1v) is 6.35. The molecule has 0 aliphatic heterocycles. The highest BCUT2D eigenvalue weighted by Crippen LogP contribution is 2.23. The zero-order chi connectivity index (χ0) is 10.5. The van der Waals surface area contributed by atoms with Crippen molar-refractivity contribution in [1.82, 2.24) is 10.2 Å². The average molecular weight is 234 g/mol. The lowest BCUT2D eigenvalue weighted by Crippen LogP contribution is -1.80. The number of thioether (sulfide) groups is 1. The maximum atomic E-state index is 3.98. The minimum absolute atomic E-state index is 0.937. The van der Waals surface area contributed by atoms with Gasteiger partial charge in [0.2, 0.25) is 0 Å². The molecule has 15 heavy (non-hydrogen) atoms. The molecule has 0 amide bonds. The molecule has 0 bridgehead atoms. The lowest BCUT2D eigenvalue weighted by molar-refractivity contribution is 1.01. The summed E-state index contributed by atoms with van der Waals surface area (Å²) in [7, 11) is 0. The van der Waals surface area contributed by atoms with Gasteiger partial charge in [-0.25, -0.2) is 0 Å². The first-order valence-electron chi connectivity index (χ1n) is 4.49. The van der Waals surface area contributed by atoms with Gasteiger partial charge in [0.1, 0.15) is 5.51 Å². The molecule has 76 valence electrons. The molecule has 2 aromatic rings. The van der Waals surface area contributed by atoms with Crippen molar-refractivity contribution in [1.29, 1.82) is 0 Å². The Morgan fingerprint density at radius 3 is 2.73 bits per heavy atom. The Balaban J connectivity index is 1.96. The number of benzene rings is 1. The summed E-state index contributed by atoms with van der Waals surface area (Å²) in [6.07, 6.45) is 1.85. The zero-order valence-corrected chi connectivity index (χ0v) is 9.72. The van der Waals surface area contributed by atoms with Crippen molar-refractivity contribution in [2.45, 2.75) is 10.1 Å². The molecular weight excluding hydrogens is 224 g/mol. The molecular formula is C11H10N2S2. The van der Waals surface area contributed by atoms with Crippen LogP contribution < -0.4 is 0 Å². The number of hydrogen-bond donors (Lipinski definition) is 0. The van der Waals surface area contributed by atoms with Gasteiger partial charge in [-0.3, -0.25) is 0 Å². The standard InChI is InChI=1S/C11H10N2S2/c1-2-9-3-5-10(6-4-9)7-14-11-13-12-8-15-11/h2-6,8H,1,7H2. The largest absolute Gasteiger partial charge is 0.174 e. The summed E-state index contributed by atoms with van der Waals surface area (Å²) in [4.78, 5) is 0. The van der Waals surface area contributed by atoms with Crippen LogP contribution in [0.25, 0.3) is 6.08 Å². The summed E-state index contributed by atoms with van der Waals surface area (Å²) in [5.74, 6) is 0.937. The molecule has 0 atom stereocenters. The second-order valence-electron chi connectivity index (χ2n) is 2.94. The lowest BCUT2D eigenvalue weighted by atomic mass is 10.1. The summed E-state index contributed by atoms with van der Waals surface area (Å²) >= 11 is 3.29. The van der Waals surface area contributed by atoms with Crippen molar-refractivity contribution in [2.75, 3.05) is 0 Å². The zero-order valence-electron chi connectivity index (χ0n) is 8.09. The van der Waals surface area contributed by atoms with Crippen molar-refractivity contribution >= 4 is 29.2 Å². The van der Waals surface area contributed by atoms with Crippen LogP contribution in [0.2, 0.25) is 0 Å². The fourth-order valence-corrected chi connectivity index (χ4v) is 2.57. The van der Waals surface area contributed by atoms with E-state index in [-0.39, 0.29) is 0 Å². The van der Waals surface area contributed by atoms with Gasteiger partial charge in [0, 0.05) is 5.75 Å². The van der Waals surface area contributed by atoms with Crippen LogP contribution in [0.1, 0.15) is 11.1 Å². The van der Waals surface area contributed by atoms with E-state index in [0.717, 1.165) is 15.7 Å². The number of rotatable bonds is 4. The average Bonchev–Trinajstić information content (AvgIpc) is 2.80. The van der Waals surface area contributed by atoms with Crippen molar-refractivity contribution < 1.29 is 0 Å². The molecule has 0 aliphatic rings. The van der Waals surface area contributed by atoms with Crippen molar-refractivity contribution in [3.05, 3.63) is 47.5 Å². The van der Waals surface area contributed by atoms with Crippen LogP contribution in [0.3, 0.4) is 0 Å². The van der Waals surface area contributed by atoms with Crippen LogP contribution in [-0.4, -0.2) is 10.2 Å². The molecule has 0 unspecified atom stereocenters. The normalized spacial score (nSPS) is 10.1. The Bertz CT molecular complexity index is 420. The number of aromatic nitrogens is 2. The van der Waals surface area contributed by atoms with Crippen LogP contribution in [0, 0.1) is 0 Å². The summed E-state index contributed by atoms with van der Waals surface area (Å²) in [5.41, 5.74) is 4.20. The lowest BCUT2D eigenvalue weighted by Gasteiger charge is -1.99. The summed E-state index contributed by atoms with van der Waals surface area (Å²) < 4.78 is 1.02. The molecule has 1 heterocycles. The predicted molar refractivity (Wildman–Crippen MR) is 66.0 cm³/mol. The first-order chi connectivity index (χ1) is 7.38. The fourth-order valence-electron chi connectivity index (χ4n) is 1.12. The van der Waals surface area contributed by atoms with E-state index in [9.17, 15) is 0 Å². The molecule has 2 rings (SSSR count). The molecule has 0 saturated heterocycles. The van der Waals surface area contributed by atoms with E-state index in [1.807, 2.05) is 6.08 Å². The third-order valence-electron chi connectivity index (χ3n) is 1.92. The van der Waals surface area contributed by atoms with E-state index in [1.54, 1.807) is 28.6 Å². The van der Waals surface area contributed by atoms with Gasteiger partial charge in [-0.2, -0.15) is 0 Å². The third-order valence-corrected chi connectivity index (χ3v) is 3.85. The Hall–Kier alpha value is -1.13. The fraction of sp³-hybridized carbons (Fsp3) is 0.0909. The highest BCUT2D eigenvalue weighted by molar-refractivity contribution is 8.00. The molecule has 0 saturated carbocycles. The van der Waals surface area contributed by atoms with E-state index >= 15 is 0 Å². The highest BCUT2D eigenvalue weighted by Gasteiger charge is 1.98. The highest BCUT2D eigenvalue weighted by atomic mass is 32.2. The van der Waals surface area contributed by atoms with Gasteiger partial charge in [-0.05, 0) is 11.1 Å². The third kappa shape index (κ3) is 2.91. The maximum absolute atomic E-state index is 3.98. The molecule has 0 N–H and O–H groups in total. The van der Waals surface area contributed by atoms with Crippen LogP contribution in [0.15, 0.2) is 40.7 Å². The van der Waals surface area contributed by atoms with Crippen LogP contribution in [0.5, 0.6) is 0 Å². The number of nitrogens with zero attached hydrogens (tertiary/aromatic N) is 2. The Labute approximate surface area is 97.1 Å². The molecule has 0 radical (unpaired) electrons. The van der Waals surface area contributed by atoms with Crippen LogP contribution in [-0.2, 0) is 5.75 Å². The minimum Gasteiger partial charge on any atom is -0.146 e. The second kappa shape index (κ2) is 5.09. The van der Waals surface area contributed by atoms with E-state index in [1.165, 1.54) is 5.56 Å². The summed E-state index contributed by atoms with van der Waals surface area (Å²) in [5, 5.41) is 7.78. The Kier molecular flexibility index (Phi) is 3.53. The van der Waals surface area contributed by atoms with Crippen molar-refractivity contribution in [3.63, 3.8) is 0 Å². The Morgan fingerprint density at radius 1 is 1.33 bits per heavy atom. The van der Waals surface area contributed by atoms with Gasteiger partial charge in [0.15, 0.2) is 4.34 Å². The Morgan fingerprint density at radius 2 is 2.13 bits per heavy atom. The summed E-state index contributed by atoms with van der Waals surface area (Å²) in [6.45, 7) is 3.73. The predicted octanol–water partition coefficient (Wildman–Crippen LogP) is 3.47.